The van der Waals surface area contributed by atoms with Crippen LogP contribution >= 0.6 is 0 Å². The van der Waals surface area contributed by atoms with Gasteiger partial charge in [-0.1, -0.05) is 48.5 Å². The van der Waals surface area contributed by atoms with Crippen LogP contribution in [-0.4, -0.2) is 230 Å². The van der Waals surface area contributed by atoms with Gasteiger partial charge in [-0.15, -0.1) is 0 Å². The number of benzene rings is 4. The summed E-state index contributed by atoms with van der Waals surface area (Å²) < 4.78 is 91.0. The van der Waals surface area contributed by atoms with Crippen LogP contribution in [0.2, 0.25) is 0 Å². The number of aromatic nitrogens is 4. The fourth-order valence-electron chi connectivity index (χ4n) is 18.4. The van der Waals surface area contributed by atoms with Crippen molar-refractivity contribution in [3.63, 3.8) is 0 Å². The van der Waals surface area contributed by atoms with Crippen LogP contribution in [0.4, 0.5) is 17.6 Å². The Bertz CT molecular complexity index is 5880. The van der Waals surface area contributed by atoms with Crippen LogP contribution in [-0.2, 0) is 54.8 Å². The van der Waals surface area contributed by atoms with Crippen LogP contribution in [0.5, 0.6) is 23.0 Å². The van der Waals surface area contributed by atoms with Crippen LogP contribution in [0.1, 0.15) is 236 Å². The number of nitrogens with zero attached hydrogens (tertiary/aromatic N) is 7. The van der Waals surface area contributed by atoms with E-state index in [9.17, 15) is 95.5 Å². The maximum Gasteiger partial charge on any atom is 2.00 e. The second kappa shape index (κ2) is 51.1. The number of aromatic hydroxyl groups is 2. The molecule has 47 heteroatoms. The minimum absolute atomic E-state index is 0. The summed E-state index contributed by atoms with van der Waals surface area (Å²) in [7, 11) is 3.53. The van der Waals surface area contributed by atoms with Crippen molar-refractivity contribution in [1.82, 2.24) is 54.2 Å². The number of carbonyl (C=O) groups is 9. The standard InChI is InChI=1S/C23H24FN3O5.2C22H22FN3O5.C19H21FN2O7.C5H11NO.CH2O3.2BrH.2K.Mg.H/c1-12(13-3-5-14(24)6-4-13)25-22(29)17-10-26-11-18-27(15-7-8-16(9-15)32-18)23(30)19(26)21(31-2)20(17)28;2*1-11(12-2-4-13(23)5-3-12)24-21(29)16-9-25-10-17-26(14-6-7-15(8-14)31-17)22(30)18(25)20(28)19(16)27;1-10(11-4-6-12(20)7-5-11)21-18(26)13-8-22(9-14(23)24)15(19(27)29-3)17(28-2)16(13)25;6-4-1-2-5(7)3-4;2-1-4-3;;;;;;/h3-6,10,12,15-16,18H,7-9,11H2,1-2H3,(H,25,29);2*2-5,9,11,14-15,17,28H,6-8,10H2,1H3,(H,24,29);4-8,10,14,23-24H,9H2,1-3H3,(H,21,26);4-5,7H,1-3,6H2;1,3H;2*1H;;;;/q;;;;;;;;2*+1;+2;-1/p-3/t12-,15+,16-,18-;2*11-,14+,15-,17-;10-;4-,5+;;;;;;;/m00001......./s1. The molecule has 8 aromatic rings. The largest absolute Gasteiger partial charge is 2.00 e. The van der Waals surface area contributed by atoms with Crippen LogP contribution in [0.15, 0.2) is 141 Å². The molecular weight excluding hydrogens is 2030 g/mol. The van der Waals surface area contributed by atoms with Crippen LogP contribution in [0.25, 0.3) is 0 Å². The van der Waals surface area contributed by atoms with Gasteiger partial charge in [-0.05, 0) is 176 Å². The number of aliphatic hydroxyl groups excluding tert-OH is 2. The predicted molar refractivity (Wildman–Crippen MR) is 467 cm³/mol. The van der Waals surface area contributed by atoms with Crippen molar-refractivity contribution in [3.05, 3.63) is 253 Å². The molecule has 6 aliphatic heterocycles. The molecule has 4 aromatic carbocycles. The Balaban J connectivity index is 0.000000241. The number of hydrogen-bond donors (Lipinski definition) is 10. The quantitative estimate of drug-likeness (QED) is 0.00726. The molecule has 7 fully saturated rings. The molecule has 3 saturated heterocycles. The van der Waals surface area contributed by atoms with Gasteiger partial charge in [-0.2, -0.15) is 0 Å². The number of carbonyl (C=O) groups excluding carboxylic acids is 9. The molecule has 4 saturated carbocycles. The molecule has 38 nitrogen and oxygen atoms in total. The number of amides is 7. The van der Waals surface area contributed by atoms with Gasteiger partial charge < -0.3 is 159 Å². The number of fused-ring (bicyclic) bond motifs is 15. The molecule has 10 aliphatic rings. The first-order chi connectivity index (χ1) is 63.9. The molecule has 11 N–H and O–H groups in total. The summed E-state index contributed by atoms with van der Waals surface area (Å²) in [5.41, 5.74) is 3.28. The fraction of sp³-hybridized carbons (Fsp3) is 0.424. The number of rotatable bonds is 18. The van der Waals surface area contributed by atoms with Crippen molar-refractivity contribution in [2.24, 2.45) is 5.73 Å². The summed E-state index contributed by atoms with van der Waals surface area (Å²) in [4.78, 5) is 170. The van der Waals surface area contributed by atoms with E-state index in [1.54, 1.807) is 83.4 Å². The van der Waals surface area contributed by atoms with Gasteiger partial charge in [0.2, 0.25) is 21.7 Å². The van der Waals surface area contributed by atoms with Crippen molar-refractivity contribution in [3.8, 4) is 23.0 Å². The normalized spacial score (nSPS) is 21.5. The van der Waals surface area contributed by atoms with Crippen molar-refractivity contribution >= 4 is 76.8 Å². The van der Waals surface area contributed by atoms with Gasteiger partial charge >= 0.3 is 132 Å². The topological polar surface area (TPSA) is 514 Å². The predicted octanol–water partition coefficient (Wildman–Crippen LogP) is -7.32. The SMILES string of the molecule is COC(=O)c1c(OC)c(=O)c(C(=O)N[C@@H](C)c2ccc(F)cc2)cn1CC(O)O.COc1c2n(cc(C(=O)N[C@@H](C)c3ccc(F)cc3)c1=O)C[C@@H]1O[C@H]3CC[C@H](C3)N1C2=O.C[C@H](NC(=O)c1cn2c(c(O)c1=O)C(=O)N1[C@@H]3CC[C@@H](C3)O[C@H]1C2)c1ccc(F)cc1.C[C@H](NC(=O)c1cn2c(c(O)c1=O)C(=O)N1[C@@H]3CC[C@@H](C3)O[C@H]1C2)c1ccc(F)cc1.N[C@@H]1CC[C@H](O)C1.O=CO[O-].[Br-].[Br-].[H-].[K+].[K+].[Mg+2]. The smallest absolute Gasteiger partial charge is 1.00 e. The van der Waals surface area contributed by atoms with Crippen molar-refractivity contribution in [2.75, 3.05) is 21.3 Å². The molecule has 4 aliphatic carbocycles. The van der Waals surface area contributed by atoms with Gasteiger partial charge in [0.05, 0.1) is 96.1 Å². The number of aliphatic hydroxyl groups is 3. The molecule has 10 heterocycles. The number of methoxy groups -OCH3 is 3. The Morgan fingerprint density at radius 1 is 0.475 bits per heavy atom. The monoisotopic (exact) mass is 2130 g/mol. The van der Waals surface area contributed by atoms with Gasteiger partial charge in [0.1, 0.15) is 45.5 Å². The van der Waals surface area contributed by atoms with E-state index in [4.69, 9.17) is 44.6 Å². The summed E-state index contributed by atoms with van der Waals surface area (Å²) in [5.74, 6) is -8.60. The van der Waals surface area contributed by atoms with Gasteiger partial charge in [-0.3, -0.25) is 57.5 Å². The molecule has 4 aromatic heterocycles. The number of nitrogens with one attached hydrogen (secondary N) is 4. The number of halogens is 6. The number of ether oxygens (including phenoxy) is 6. The van der Waals surface area contributed by atoms with Gasteiger partial charge in [-0.25, -0.2) is 22.4 Å². The first kappa shape index (κ1) is 116. The molecule has 15 atom stereocenters. The summed E-state index contributed by atoms with van der Waals surface area (Å²) >= 11 is 0. The zero-order chi connectivity index (χ0) is 96.7. The fourth-order valence-corrected chi connectivity index (χ4v) is 18.4. The number of hydrogen-bond acceptors (Lipinski definition) is 27. The Morgan fingerprint density at radius 3 is 1.04 bits per heavy atom. The van der Waals surface area contributed by atoms with E-state index in [-0.39, 0.29) is 292 Å². The zero-order valence-electron chi connectivity index (χ0n) is 78.2. The number of pyridine rings is 4. The minimum atomic E-state index is -1.88. The van der Waals surface area contributed by atoms with Gasteiger partial charge in [0, 0.05) is 49.0 Å². The van der Waals surface area contributed by atoms with Crippen LogP contribution in [0, 0.1) is 23.3 Å². The summed E-state index contributed by atoms with van der Waals surface area (Å²) in [6, 6.07) is 21.0. The average molecular weight is 2130 g/mol. The van der Waals surface area contributed by atoms with E-state index in [0.717, 1.165) is 102 Å². The number of esters is 1. The summed E-state index contributed by atoms with van der Waals surface area (Å²) in [6.45, 7) is 6.87. The molecule has 0 spiro atoms. The third-order valence-electron chi connectivity index (χ3n) is 25.1. The second-order valence-corrected chi connectivity index (χ2v) is 33.8. The van der Waals surface area contributed by atoms with Crippen LogP contribution < -0.4 is 200 Å². The van der Waals surface area contributed by atoms with Crippen molar-refractivity contribution in [1.29, 1.82) is 0 Å². The van der Waals surface area contributed by atoms with E-state index >= 15 is 0 Å². The Kier molecular flexibility index (Phi) is 42.6. The third-order valence-corrected chi connectivity index (χ3v) is 25.1. The van der Waals surface area contributed by atoms with Gasteiger partial charge in [0.25, 0.3) is 47.8 Å². The molecule has 0 unspecified atom stereocenters. The van der Waals surface area contributed by atoms with E-state index < -0.39 is 154 Å². The van der Waals surface area contributed by atoms with E-state index in [0.29, 0.717) is 28.8 Å². The first-order valence-corrected chi connectivity index (χ1v) is 43.3. The molecule has 732 valence electrons. The molecular formula is C92H102Br2F4K2MgN12O26. The summed E-state index contributed by atoms with van der Waals surface area (Å²) in [5, 5.41) is 67.7. The Labute approximate surface area is 916 Å². The Morgan fingerprint density at radius 2 is 0.770 bits per heavy atom. The maximum absolute atomic E-state index is 13.3. The molecule has 6 bridgehead atoms. The third kappa shape index (κ3) is 26.4. The minimum Gasteiger partial charge on any atom is -1.00 e. The molecule has 18 rings (SSSR count). The average Bonchev–Trinajstić information content (AvgIpc) is 1.40. The summed E-state index contributed by atoms with van der Waals surface area (Å²) in [6.07, 6.45) is 12.2. The first-order valence-electron chi connectivity index (χ1n) is 43.3. The van der Waals surface area contributed by atoms with Gasteiger partial charge in [0.15, 0.2) is 70.7 Å². The molecule has 139 heavy (non-hydrogen) atoms. The maximum atomic E-state index is 13.3. The van der Waals surface area contributed by atoms with E-state index in [1.807, 2.05) is 0 Å². The Hall–Kier alpha value is -8.49. The van der Waals surface area contributed by atoms with Crippen molar-refractivity contribution in [2.45, 2.75) is 229 Å². The molecule has 0 radical (unpaired) electrons. The van der Waals surface area contributed by atoms with Crippen LogP contribution in [0.3, 0.4) is 0 Å². The van der Waals surface area contributed by atoms with Crippen molar-refractivity contribution < 1.29 is 263 Å². The van der Waals surface area contributed by atoms with E-state index in [1.165, 1.54) is 95.5 Å². The molecule has 7 amide bonds. The number of nitrogens with two attached hydrogens (primary N) is 1. The van der Waals surface area contributed by atoms with E-state index in [2.05, 4.69) is 30.9 Å². The second-order valence-electron chi connectivity index (χ2n) is 33.8. The zero-order valence-corrected chi connectivity index (χ0v) is 88.0.